The van der Waals surface area contributed by atoms with E-state index in [0.29, 0.717) is 31.3 Å². The number of rotatable bonds is 11. The number of benzene rings is 2. The van der Waals surface area contributed by atoms with Crippen molar-refractivity contribution in [3.8, 4) is 5.75 Å². The largest absolute Gasteiger partial charge is 0.489 e. The van der Waals surface area contributed by atoms with Crippen molar-refractivity contribution in [3.05, 3.63) is 77.6 Å². The molecule has 1 aromatic heterocycles. The number of aryl methyl sites for hydroxylation is 1. The van der Waals surface area contributed by atoms with Gasteiger partial charge in [0.15, 0.2) is 9.84 Å². The topological polar surface area (TPSA) is 120 Å². The standard InChI is InChI=1S/C30H36N4O6S/c1-3-41(36,37)28-10-6-22(7-11-28)15-31-29(35)23-16-32-30(33-17-23)34-18-27(40-25-8-4-21(2)5-9-25)14-24(34)19-39-26-12-13-38-20-26/h4-11,16-17,24,26-27H,3,12-15,18-20H2,1-2H3,(H,31,35)/t24-,26?,27+/m0/s1. The van der Waals surface area contributed by atoms with E-state index in [9.17, 15) is 13.2 Å². The lowest BCUT2D eigenvalue weighted by atomic mass is 10.2. The monoisotopic (exact) mass is 580 g/mol. The Labute approximate surface area is 241 Å². The summed E-state index contributed by atoms with van der Waals surface area (Å²) in [6, 6.07) is 14.5. The van der Waals surface area contributed by atoms with Crippen molar-refractivity contribution in [1.29, 1.82) is 0 Å². The minimum Gasteiger partial charge on any atom is -0.489 e. The summed E-state index contributed by atoms with van der Waals surface area (Å²) in [4.78, 5) is 24.2. The van der Waals surface area contributed by atoms with Crippen molar-refractivity contribution in [1.82, 2.24) is 15.3 Å². The number of nitrogens with zero attached hydrogens (tertiary/aromatic N) is 3. The summed E-state index contributed by atoms with van der Waals surface area (Å²) in [7, 11) is -3.26. The zero-order valence-electron chi connectivity index (χ0n) is 23.4. The summed E-state index contributed by atoms with van der Waals surface area (Å²) in [5.74, 6) is 1.06. The number of anilines is 1. The molecule has 2 fully saturated rings. The van der Waals surface area contributed by atoms with Crippen molar-refractivity contribution >= 4 is 21.7 Å². The molecule has 2 saturated heterocycles. The second-order valence-electron chi connectivity index (χ2n) is 10.4. The molecule has 0 radical (unpaired) electrons. The fourth-order valence-electron chi connectivity index (χ4n) is 4.92. The zero-order valence-corrected chi connectivity index (χ0v) is 24.2. The number of sulfone groups is 1. The number of amides is 1. The molecule has 0 saturated carbocycles. The van der Waals surface area contributed by atoms with Gasteiger partial charge < -0.3 is 24.4 Å². The van der Waals surface area contributed by atoms with Gasteiger partial charge in [0, 0.05) is 32.0 Å². The molecule has 3 aromatic rings. The van der Waals surface area contributed by atoms with Crippen molar-refractivity contribution < 1.29 is 27.4 Å². The number of hydrogen-bond donors (Lipinski definition) is 1. The molecule has 3 heterocycles. The third-order valence-electron chi connectivity index (χ3n) is 7.38. The maximum atomic E-state index is 12.8. The first-order valence-corrected chi connectivity index (χ1v) is 15.6. The number of hydrogen-bond acceptors (Lipinski definition) is 9. The van der Waals surface area contributed by atoms with Crippen LogP contribution in [0.5, 0.6) is 5.75 Å². The lowest BCUT2D eigenvalue weighted by Gasteiger charge is -2.25. The van der Waals surface area contributed by atoms with Crippen LogP contribution in [0.1, 0.15) is 41.3 Å². The smallest absolute Gasteiger partial charge is 0.254 e. The van der Waals surface area contributed by atoms with Gasteiger partial charge in [0.2, 0.25) is 5.95 Å². The van der Waals surface area contributed by atoms with Gasteiger partial charge in [0.05, 0.1) is 48.1 Å². The van der Waals surface area contributed by atoms with Crippen LogP contribution >= 0.6 is 0 Å². The molecule has 1 N–H and O–H groups in total. The Morgan fingerprint density at radius 2 is 1.80 bits per heavy atom. The van der Waals surface area contributed by atoms with E-state index in [2.05, 4.69) is 20.2 Å². The first kappa shape index (κ1) is 29.0. The number of nitrogens with one attached hydrogen (secondary N) is 1. The highest BCUT2D eigenvalue weighted by Crippen LogP contribution is 2.27. The summed E-state index contributed by atoms with van der Waals surface area (Å²) < 4.78 is 41.9. The van der Waals surface area contributed by atoms with Crippen molar-refractivity contribution in [3.63, 3.8) is 0 Å². The Morgan fingerprint density at radius 3 is 2.46 bits per heavy atom. The van der Waals surface area contributed by atoms with Crippen LogP contribution in [0.3, 0.4) is 0 Å². The molecule has 2 aromatic carbocycles. The SMILES string of the molecule is CCS(=O)(=O)c1ccc(CNC(=O)c2cnc(N3C[C@H](Oc4ccc(C)cc4)C[C@H]3COC3CCOC3)nc2)cc1. The Kier molecular flexibility index (Phi) is 9.16. The highest BCUT2D eigenvalue weighted by Gasteiger charge is 2.36. The molecule has 11 heteroatoms. The molecule has 2 aliphatic rings. The Morgan fingerprint density at radius 1 is 1.07 bits per heavy atom. The molecule has 1 unspecified atom stereocenters. The predicted octanol–water partition coefficient (Wildman–Crippen LogP) is 3.34. The van der Waals surface area contributed by atoms with E-state index in [0.717, 1.165) is 30.8 Å². The van der Waals surface area contributed by atoms with Crippen LogP contribution < -0.4 is 15.0 Å². The molecule has 218 valence electrons. The summed E-state index contributed by atoms with van der Waals surface area (Å²) in [6.45, 7) is 6.33. The minimum absolute atomic E-state index is 0.0187. The van der Waals surface area contributed by atoms with Gasteiger partial charge in [-0.15, -0.1) is 0 Å². The zero-order chi connectivity index (χ0) is 28.8. The Hall–Kier alpha value is -3.54. The van der Waals surface area contributed by atoms with Gasteiger partial charge in [-0.25, -0.2) is 18.4 Å². The summed E-state index contributed by atoms with van der Waals surface area (Å²) in [5.41, 5.74) is 2.30. The van der Waals surface area contributed by atoms with Gasteiger partial charge in [-0.3, -0.25) is 4.79 Å². The van der Waals surface area contributed by atoms with Gasteiger partial charge in [0.25, 0.3) is 5.91 Å². The third-order valence-corrected chi connectivity index (χ3v) is 9.14. The fraction of sp³-hybridized carbons (Fsp3) is 0.433. The summed E-state index contributed by atoms with van der Waals surface area (Å²) >= 11 is 0. The van der Waals surface area contributed by atoms with Crippen LogP contribution in [-0.2, 0) is 25.9 Å². The minimum atomic E-state index is -3.26. The molecule has 1 amide bonds. The average Bonchev–Trinajstić information content (AvgIpc) is 3.66. The lowest BCUT2D eigenvalue weighted by molar-refractivity contribution is 0.0340. The van der Waals surface area contributed by atoms with Crippen molar-refractivity contribution in [2.45, 2.75) is 56.4 Å². The molecular formula is C30H36N4O6S. The van der Waals surface area contributed by atoms with E-state index in [4.69, 9.17) is 14.2 Å². The number of ether oxygens (including phenoxy) is 3. The van der Waals surface area contributed by atoms with Crippen molar-refractivity contribution in [2.75, 3.05) is 37.0 Å². The maximum absolute atomic E-state index is 12.8. The number of carbonyl (C=O) groups excluding carboxylic acids is 1. The molecule has 0 spiro atoms. The molecule has 2 aliphatic heterocycles. The average molecular weight is 581 g/mol. The van der Waals surface area contributed by atoms with Crippen LogP contribution in [0.4, 0.5) is 5.95 Å². The van der Waals surface area contributed by atoms with Gasteiger partial charge in [-0.05, 0) is 43.2 Å². The van der Waals surface area contributed by atoms with Gasteiger partial charge in [-0.2, -0.15) is 0 Å². The Balaban J connectivity index is 1.21. The normalized spacial score (nSPS) is 20.7. The fourth-order valence-corrected chi connectivity index (χ4v) is 5.80. The second-order valence-corrected chi connectivity index (χ2v) is 12.7. The number of aromatic nitrogens is 2. The van der Waals surface area contributed by atoms with Crippen LogP contribution in [0, 0.1) is 6.92 Å². The van der Waals surface area contributed by atoms with E-state index in [1.165, 1.54) is 18.0 Å². The van der Waals surface area contributed by atoms with Crippen LogP contribution in [0.2, 0.25) is 0 Å². The van der Waals surface area contributed by atoms with Crippen molar-refractivity contribution in [2.24, 2.45) is 0 Å². The molecule has 10 nitrogen and oxygen atoms in total. The molecule has 5 rings (SSSR count). The molecular weight excluding hydrogens is 544 g/mol. The van der Waals surface area contributed by atoms with Crippen LogP contribution in [0.15, 0.2) is 65.8 Å². The van der Waals surface area contributed by atoms with E-state index >= 15 is 0 Å². The quantitative estimate of drug-likeness (QED) is 0.364. The van der Waals surface area contributed by atoms with E-state index < -0.39 is 9.84 Å². The van der Waals surface area contributed by atoms with Gasteiger partial charge >= 0.3 is 0 Å². The molecule has 3 atom stereocenters. The van der Waals surface area contributed by atoms with E-state index in [1.807, 2.05) is 31.2 Å². The van der Waals surface area contributed by atoms with E-state index in [-0.39, 0.29) is 41.4 Å². The maximum Gasteiger partial charge on any atom is 0.254 e. The van der Waals surface area contributed by atoms with Gasteiger partial charge in [0.1, 0.15) is 11.9 Å². The van der Waals surface area contributed by atoms with Gasteiger partial charge in [-0.1, -0.05) is 36.8 Å². The molecule has 0 aliphatic carbocycles. The lowest BCUT2D eigenvalue weighted by Crippen LogP contribution is -2.36. The Bertz CT molecular complexity index is 1410. The van der Waals surface area contributed by atoms with Crippen LogP contribution in [0.25, 0.3) is 0 Å². The highest BCUT2D eigenvalue weighted by molar-refractivity contribution is 7.91. The number of carbonyl (C=O) groups is 1. The summed E-state index contributed by atoms with van der Waals surface area (Å²) in [5, 5.41) is 2.84. The molecule has 0 bridgehead atoms. The van der Waals surface area contributed by atoms with Crippen LogP contribution in [-0.4, -0.2) is 74.7 Å². The first-order chi connectivity index (χ1) is 19.8. The highest BCUT2D eigenvalue weighted by atomic mass is 32.2. The van der Waals surface area contributed by atoms with E-state index in [1.54, 1.807) is 31.2 Å². The molecule has 41 heavy (non-hydrogen) atoms. The second kappa shape index (κ2) is 13.0. The summed E-state index contributed by atoms with van der Waals surface area (Å²) in [6.07, 6.45) is 4.71. The first-order valence-electron chi connectivity index (χ1n) is 13.9. The predicted molar refractivity (Wildman–Crippen MR) is 154 cm³/mol. The third kappa shape index (κ3) is 7.41.